The number of piperidine rings is 1. The summed E-state index contributed by atoms with van der Waals surface area (Å²) in [5.41, 5.74) is 2.45. The summed E-state index contributed by atoms with van der Waals surface area (Å²) in [6, 6.07) is 10.3. The Bertz CT molecular complexity index is 832. The van der Waals surface area contributed by atoms with Gasteiger partial charge in [0.15, 0.2) is 0 Å². The number of nitrogens with one attached hydrogen (secondary N) is 1. The quantitative estimate of drug-likeness (QED) is 0.665. The second kappa shape index (κ2) is 7.48. The molecule has 0 atom stereocenters. The molecule has 0 amide bonds. The lowest BCUT2D eigenvalue weighted by atomic mass is 10.1. The Balaban J connectivity index is 1.36. The maximum atomic E-state index is 6.21. The van der Waals surface area contributed by atoms with Gasteiger partial charge in [-0.15, -0.1) is 11.8 Å². The molecule has 0 radical (unpaired) electrons. The topological polar surface area (TPSA) is 24.0 Å². The zero-order chi connectivity index (χ0) is 17.2. The van der Waals surface area contributed by atoms with Gasteiger partial charge in [0.25, 0.3) is 0 Å². The molecule has 0 bridgehead atoms. The number of aromatic nitrogens is 2. The molecule has 25 heavy (non-hydrogen) atoms. The first-order valence-corrected chi connectivity index (χ1v) is 10.2. The minimum Gasteiger partial charge on any atom is -0.358 e. The fourth-order valence-electron chi connectivity index (χ4n) is 3.62. The van der Waals surface area contributed by atoms with Crippen LogP contribution in [-0.2, 0) is 6.54 Å². The number of aromatic amines is 1. The van der Waals surface area contributed by atoms with E-state index in [1.807, 2.05) is 17.8 Å². The van der Waals surface area contributed by atoms with Crippen LogP contribution in [0.2, 0.25) is 5.02 Å². The number of hydrogen-bond acceptors (Lipinski definition) is 2. The summed E-state index contributed by atoms with van der Waals surface area (Å²) < 4.78 is 2.26. The highest BCUT2D eigenvalue weighted by molar-refractivity contribution is 8.00. The number of H-pyrrole nitrogens is 1. The number of thioether (sulfide) groups is 1. The van der Waals surface area contributed by atoms with Gasteiger partial charge in [0, 0.05) is 57.2 Å². The smallest absolute Gasteiger partial charge is 0.0468 e. The number of hydrogen-bond donors (Lipinski definition) is 1. The fourth-order valence-corrected chi connectivity index (χ4v) is 5.10. The van der Waals surface area contributed by atoms with E-state index in [1.165, 1.54) is 47.4 Å². The molecule has 1 N–H and O–H groups in total. The van der Waals surface area contributed by atoms with Crippen molar-refractivity contribution in [3.05, 3.63) is 53.4 Å². The van der Waals surface area contributed by atoms with Crippen molar-refractivity contribution in [3.63, 3.8) is 0 Å². The number of nitrogens with zero attached hydrogens (tertiary/aromatic N) is 2. The second-order valence-electron chi connectivity index (χ2n) is 6.85. The van der Waals surface area contributed by atoms with E-state index >= 15 is 0 Å². The molecule has 1 aliphatic heterocycles. The molecule has 4 rings (SSSR count). The lowest BCUT2D eigenvalue weighted by Gasteiger charge is -2.31. The molecule has 0 aliphatic carbocycles. The van der Waals surface area contributed by atoms with Gasteiger partial charge in [-0.3, -0.25) is 0 Å². The Morgan fingerprint density at radius 3 is 2.68 bits per heavy atom. The third-order valence-corrected chi connectivity index (χ3v) is 6.85. The highest BCUT2D eigenvalue weighted by Gasteiger charge is 2.22. The molecule has 1 aromatic carbocycles. The monoisotopic (exact) mass is 373 g/mol. The molecule has 0 spiro atoms. The zero-order valence-electron chi connectivity index (χ0n) is 14.5. The summed E-state index contributed by atoms with van der Waals surface area (Å²) in [5, 5.41) is 2.78. The van der Waals surface area contributed by atoms with Crippen molar-refractivity contribution in [3.8, 4) is 0 Å². The summed E-state index contributed by atoms with van der Waals surface area (Å²) in [6.45, 7) is 6.79. The number of benzene rings is 1. The largest absolute Gasteiger partial charge is 0.358 e. The third kappa shape index (κ3) is 3.91. The van der Waals surface area contributed by atoms with Gasteiger partial charge in [0.05, 0.1) is 0 Å². The van der Waals surface area contributed by atoms with E-state index in [0.717, 1.165) is 18.1 Å². The van der Waals surface area contributed by atoms with Crippen LogP contribution in [0.4, 0.5) is 0 Å². The van der Waals surface area contributed by atoms with E-state index in [4.69, 9.17) is 11.6 Å². The van der Waals surface area contributed by atoms with Crippen LogP contribution in [0.15, 0.2) is 47.6 Å². The lowest BCUT2D eigenvalue weighted by molar-refractivity contribution is 0.224. The van der Waals surface area contributed by atoms with Crippen LogP contribution >= 0.6 is 23.4 Å². The van der Waals surface area contributed by atoms with Crippen LogP contribution in [0.25, 0.3) is 10.9 Å². The van der Waals surface area contributed by atoms with Crippen molar-refractivity contribution in [2.75, 3.05) is 19.6 Å². The maximum absolute atomic E-state index is 6.21. The minimum absolute atomic E-state index is 0.694. The van der Waals surface area contributed by atoms with Gasteiger partial charge in [0.2, 0.25) is 0 Å². The Kier molecular flexibility index (Phi) is 5.11. The molecule has 3 heterocycles. The molecule has 2 aromatic heterocycles. The summed E-state index contributed by atoms with van der Waals surface area (Å²) >= 11 is 8.24. The Labute approximate surface area is 158 Å². The van der Waals surface area contributed by atoms with Crippen molar-refractivity contribution in [1.29, 1.82) is 0 Å². The summed E-state index contributed by atoms with van der Waals surface area (Å²) in [7, 11) is 0. The average molecular weight is 374 g/mol. The lowest BCUT2D eigenvalue weighted by Crippen LogP contribution is -2.36. The number of fused-ring (bicyclic) bond motifs is 1. The van der Waals surface area contributed by atoms with Crippen molar-refractivity contribution in [1.82, 2.24) is 14.5 Å². The number of rotatable bonds is 5. The van der Waals surface area contributed by atoms with Crippen LogP contribution in [0.1, 0.15) is 18.5 Å². The molecule has 1 fully saturated rings. The standard InChI is InChI=1S/C20H24ClN3S/c1-15-20(18-14-16(21)4-5-19(18)22-15)25-17-6-10-24(11-7-17)13-12-23-8-2-3-9-23/h2-5,8-9,14,17,22H,6-7,10-13H2,1H3. The van der Waals surface area contributed by atoms with Crippen LogP contribution in [0, 0.1) is 6.92 Å². The molecule has 1 saturated heterocycles. The van der Waals surface area contributed by atoms with Crippen molar-refractivity contribution in [2.24, 2.45) is 0 Å². The fraction of sp³-hybridized carbons (Fsp3) is 0.400. The SMILES string of the molecule is Cc1[nH]c2ccc(Cl)cc2c1SC1CCN(CCn2cccc2)CC1. The molecule has 1 aliphatic rings. The first kappa shape index (κ1) is 17.1. The molecule has 3 nitrogen and oxygen atoms in total. The van der Waals surface area contributed by atoms with E-state index in [0.29, 0.717) is 5.25 Å². The number of aryl methyl sites for hydroxylation is 1. The Morgan fingerprint density at radius 2 is 1.92 bits per heavy atom. The highest BCUT2D eigenvalue weighted by Crippen LogP contribution is 2.38. The van der Waals surface area contributed by atoms with E-state index in [2.05, 4.69) is 58.0 Å². The Hall–Kier alpha value is -1.36. The number of likely N-dealkylation sites (tertiary alicyclic amines) is 1. The first-order valence-electron chi connectivity index (χ1n) is 8.96. The minimum atomic E-state index is 0.694. The van der Waals surface area contributed by atoms with E-state index in [-0.39, 0.29) is 0 Å². The van der Waals surface area contributed by atoms with Gasteiger partial charge in [-0.1, -0.05) is 11.6 Å². The molecule has 3 aromatic rings. The van der Waals surface area contributed by atoms with E-state index < -0.39 is 0 Å². The third-order valence-electron chi connectivity index (χ3n) is 5.05. The predicted molar refractivity (Wildman–Crippen MR) is 108 cm³/mol. The van der Waals surface area contributed by atoms with Gasteiger partial charge in [-0.05, 0) is 63.2 Å². The summed E-state index contributed by atoms with van der Waals surface area (Å²) in [5.74, 6) is 0. The molecule has 0 unspecified atom stereocenters. The van der Waals surface area contributed by atoms with Gasteiger partial charge < -0.3 is 14.5 Å². The van der Waals surface area contributed by atoms with Crippen LogP contribution < -0.4 is 0 Å². The molecule has 5 heteroatoms. The zero-order valence-corrected chi connectivity index (χ0v) is 16.1. The van der Waals surface area contributed by atoms with Gasteiger partial charge >= 0.3 is 0 Å². The van der Waals surface area contributed by atoms with Crippen molar-refractivity contribution < 1.29 is 0 Å². The molecule has 132 valence electrons. The maximum Gasteiger partial charge on any atom is 0.0468 e. The van der Waals surface area contributed by atoms with Crippen LogP contribution in [0.5, 0.6) is 0 Å². The molecular formula is C20H24ClN3S. The van der Waals surface area contributed by atoms with Gasteiger partial charge in [-0.25, -0.2) is 0 Å². The van der Waals surface area contributed by atoms with Gasteiger partial charge in [-0.2, -0.15) is 0 Å². The van der Waals surface area contributed by atoms with Crippen molar-refractivity contribution in [2.45, 2.75) is 36.5 Å². The molecule has 0 saturated carbocycles. The molecular weight excluding hydrogens is 350 g/mol. The van der Waals surface area contributed by atoms with Gasteiger partial charge in [0.1, 0.15) is 0 Å². The Morgan fingerprint density at radius 1 is 1.16 bits per heavy atom. The van der Waals surface area contributed by atoms with Crippen molar-refractivity contribution >= 4 is 34.3 Å². The first-order chi connectivity index (χ1) is 12.2. The highest BCUT2D eigenvalue weighted by atomic mass is 35.5. The van der Waals surface area contributed by atoms with Crippen LogP contribution in [0.3, 0.4) is 0 Å². The number of halogens is 1. The van der Waals surface area contributed by atoms with E-state index in [1.54, 1.807) is 0 Å². The second-order valence-corrected chi connectivity index (χ2v) is 8.60. The summed E-state index contributed by atoms with van der Waals surface area (Å²) in [4.78, 5) is 7.47. The summed E-state index contributed by atoms with van der Waals surface area (Å²) in [6.07, 6.45) is 6.80. The predicted octanol–water partition coefficient (Wildman–Crippen LogP) is 5.19. The normalized spacial score (nSPS) is 16.7. The average Bonchev–Trinajstić information content (AvgIpc) is 3.23. The van der Waals surface area contributed by atoms with Crippen LogP contribution in [-0.4, -0.2) is 39.3 Å². The van der Waals surface area contributed by atoms with E-state index in [9.17, 15) is 0 Å².